The number of hydrogen-bond donors (Lipinski definition) is 1. The number of nitrogens with one attached hydrogen (secondary N) is 1. The number of ether oxygens (including phenoxy) is 2. The third-order valence-electron chi connectivity index (χ3n) is 4.78. The second kappa shape index (κ2) is 7.77. The molecule has 0 aliphatic carbocycles. The van der Waals surface area contributed by atoms with Crippen molar-refractivity contribution in [1.82, 2.24) is 24.8 Å². The zero-order valence-corrected chi connectivity index (χ0v) is 15.8. The van der Waals surface area contributed by atoms with Crippen molar-refractivity contribution in [3.8, 4) is 23.0 Å². The van der Waals surface area contributed by atoms with Gasteiger partial charge in [0.05, 0.1) is 26.1 Å². The van der Waals surface area contributed by atoms with Crippen LogP contribution in [0, 0.1) is 0 Å². The van der Waals surface area contributed by atoms with Crippen LogP contribution in [0.1, 0.15) is 16.8 Å². The Kier molecular flexibility index (Phi) is 5.03. The smallest absolute Gasteiger partial charge is 0.254 e. The number of methoxy groups -OCH3 is 2. The molecule has 3 heterocycles. The molecule has 3 aromatic rings. The summed E-state index contributed by atoms with van der Waals surface area (Å²) in [6, 6.07) is 5.84. The van der Waals surface area contributed by atoms with Gasteiger partial charge in [-0.05, 0) is 24.1 Å². The zero-order chi connectivity index (χ0) is 19.5. The first-order chi connectivity index (χ1) is 13.7. The van der Waals surface area contributed by atoms with Gasteiger partial charge in [0.2, 0.25) is 0 Å². The van der Waals surface area contributed by atoms with E-state index in [-0.39, 0.29) is 5.56 Å². The maximum atomic E-state index is 12.5. The summed E-state index contributed by atoms with van der Waals surface area (Å²) in [5.41, 5.74) is 3.06. The average molecular weight is 379 g/mol. The number of hydrogen-bond acceptors (Lipinski definition) is 7. The lowest BCUT2D eigenvalue weighted by molar-refractivity contribution is 0.240. The number of H-pyrrole nitrogens is 1. The molecule has 28 heavy (non-hydrogen) atoms. The quantitative estimate of drug-likeness (QED) is 0.722. The topological polar surface area (TPSA) is 93.2 Å². The van der Waals surface area contributed by atoms with Crippen molar-refractivity contribution < 1.29 is 9.47 Å². The van der Waals surface area contributed by atoms with E-state index in [1.165, 1.54) is 0 Å². The molecule has 0 radical (unpaired) electrons. The molecule has 1 aliphatic rings. The molecule has 0 amide bonds. The van der Waals surface area contributed by atoms with E-state index >= 15 is 0 Å². The van der Waals surface area contributed by atoms with Gasteiger partial charge in [0.1, 0.15) is 17.2 Å². The molecule has 0 spiro atoms. The molecule has 1 aliphatic heterocycles. The lowest BCUT2D eigenvalue weighted by Crippen LogP contribution is -2.35. The van der Waals surface area contributed by atoms with Gasteiger partial charge in [-0.3, -0.25) is 14.7 Å². The van der Waals surface area contributed by atoms with Gasteiger partial charge in [0, 0.05) is 43.7 Å². The van der Waals surface area contributed by atoms with Gasteiger partial charge in [-0.2, -0.15) is 0 Å². The van der Waals surface area contributed by atoms with Crippen LogP contribution in [0.2, 0.25) is 0 Å². The van der Waals surface area contributed by atoms with Crippen molar-refractivity contribution in [2.75, 3.05) is 20.8 Å². The number of rotatable bonds is 5. The van der Waals surface area contributed by atoms with Crippen LogP contribution in [0.3, 0.4) is 0 Å². The van der Waals surface area contributed by atoms with E-state index < -0.39 is 0 Å². The molecule has 0 bridgehead atoms. The van der Waals surface area contributed by atoms with Crippen LogP contribution in [-0.2, 0) is 19.5 Å². The van der Waals surface area contributed by atoms with Crippen molar-refractivity contribution >= 4 is 0 Å². The number of aromatic nitrogens is 4. The van der Waals surface area contributed by atoms with Crippen LogP contribution in [-0.4, -0.2) is 45.6 Å². The van der Waals surface area contributed by atoms with Gasteiger partial charge in [0.25, 0.3) is 5.56 Å². The zero-order valence-electron chi connectivity index (χ0n) is 15.8. The van der Waals surface area contributed by atoms with E-state index in [2.05, 4.69) is 24.8 Å². The monoisotopic (exact) mass is 379 g/mol. The second-order valence-corrected chi connectivity index (χ2v) is 6.61. The first-order valence-electron chi connectivity index (χ1n) is 8.99. The number of aromatic amines is 1. The Labute approximate surface area is 162 Å². The summed E-state index contributed by atoms with van der Waals surface area (Å²) < 4.78 is 10.7. The summed E-state index contributed by atoms with van der Waals surface area (Å²) in [6.45, 7) is 2.08. The van der Waals surface area contributed by atoms with Crippen LogP contribution in [0.25, 0.3) is 11.5 Å². The molecule has 0 atom stereocenters. The summed E-state index contributed by atoms with van der Waals surface area (Å²) >= 11 is 0. The van der Waals surface area contributed by atoms with Gasteiger partial charge in [-0.1, -0.05) is 0 Å². The van der Waals surface area contributed by atoms with Crippen molar-refractivity contribution in [3.05, 3.63) is 64.0 Å². The first kappa shape index (κ1) is 18.1. The molecular weight excluding hydrogens is 358 g/mol. The van der Waals surface area contributed by atoms with Crippen LogP contribution in [0.5, 0.6) is 11.5 Å². The van der Waals surface area contributed by atoms with Crippen molar-refractivity contribution in [2.45, 2.75) is 19.5 Å². The third-order valence-corrected chi connectivity index (χ3v) is 4.78. The molecule has 1 aromatic carbocycles. The maximum absolute atomic E-state index is 12.5. The number of fused-ring (bicyclic) bond motifs is 1. The normalized spacial score (nSPS) is 13.8. The molecule has 1 N–H and O–H groups in total. The minimum Gasteiger partial charge on any atom is -0.497 e. The Morgan fingerprint density at radius 2 is 1.93 bits per heavy atom. The largest absolute Gasteiger partial charge is 0.497 e. The van der Waals surface area contributed by atoms with Gasteiger partial charge < -0.3 is 14.5 Å². The van der Waals surface area contributed by atoms with E-state index in [4.69, 9.17) is 9.47 Å². The summed E-state index contributed by atoms with van der Waals surface area (Å²) in [5.74, 6) is 1.96. The standard InChI is InChI=1S/C20H21N5O3/c1-27-14-7-13(8-15(9-14)28-2)11-25-6-3-16-18(12-25)23-19(24-20(16)26)17-10-21-4-5-22-17/h4-5,7-10H,3,6,11-12H2,1-2H3,(H,23,24,26). The molecule has 0 fully saturated rings. The fourth-order valence-electron chi connectivity index (χ4n) is 3.39. The second-order valence-electron chi connectivity index (χ2n) is 6.61. The number of nitrogens with zero attached hydrogens (tertiary/aromatic N) is 4. The summed E-state index contributed by atoms with van der Waals surface area (Å²) in [6.07, 6.45) is 5.41. The molecule has 0 unspecified atom stereocenters. The van der Waals surface area contributed by atoms with E-state index in [1.54, 1.807) is 32.8 Å². The molecule has 0 saturated heterocycles. The highest BCUT2D eigenvalue weighted by atomic mass is 16.5. The fourth-order valence-corrected chi connectivity index (χ4v) is 3.39. The van der Waals surface area contributed by atoms with E-state index in [9.17, 15) is 4.79 Å². The highest BCUT2D eigenvalue weighted by molar-refractivity contribution is 5.47. The SMILES string of the molecule is COc1cc(CN2CCc3c(nc(-c4cnccn4)[nH]c3=O)C2)cc(OC)c1. The average Bonchev–Trinajstić information content (AvgIpc) is 2.73. The van der Waals surface area contributed by atoms with Crippen LogP contribution < -0.4 is 15.0 Å². The van der Waals surface area contributed by atoms with Crippen LogP contribution in [0.15, 0.2) is 41.6 Å². The highest BCUT2D eigenvalue weighted by Crippen LogP contribution is 2.25. The Balaban J connectivity index is 1.59. The van der Waals surface area contributed by atoms with Crippen LogP contribution >= 0.6 is 0 Å². The van der Waals surface area contributed by atoms with E-state index in [0.29, 0.717) is 31.0 Å². The Morgan fingerprint density at radius 3 is 2.61 bits per heavy atom. The third kappa shape index (κ3) is 3.72. The highest BCUT2D eigenvalue weighted by Gasteiger charge is 2.22. The van der Waals surface area contributed by atoms with Gasteiger partial charge >= 0.3 is 0 Å². The lowest BCUT2D eigenvalue weighted by atomic mass is 10.1. The molecule has 8 heteroatoms. The van der Waals surface area contributed by atoms with Crippen molar-refractivity contribution in [2.24, 2.45) is 0 Å². The fraction of sp³-hybridized carbons (Fsp3) is 0.300. The molecule has 2 aromatic heterocycles. The van der Waals surface area contributed by atoms with Gasteiger partial charge in [-0.15, -0.1) is 0 Å². The molecular formula is C20H21N5O3. The maximum Gasteiger partial charge on any atom is 0.254 e. The lowest BCUT2D eigenvalue weighted by Gasteiger charge is -2.28. The van der Waals surface area contributed by atoms with Gasteiger partial charge in [0.15, 0.2) is 5.82 Å². The minimum atomic E-state index is -0.103. The first-order valence-corrected chi connectivity index (χ1v) is 8.99. The summed E-state index contributed by atoms with van der Waals surface area (Å²) in [5, 5.41) is 0. The predicted octanol–water partition coefficient (Wildman–Crippen LogP) is 1.80. The van der Waals surface area contributed by atoms with Crippen molar-refractivity contribution in [3.63, 3.8) is 0 Å². The Bertz CT molecular complexity index is 1010. The Hall–Kier alpha value is -3.26. The summed E-state index contributed by atoms with van der Waals surface area (Å²) in [4.78, 5) is 30.5. The minimum absolute atomic E-state index is 0.103. The van der Waals surface area contributed by atoms with E-state index in [1.807, 2.05) is 18.2 Å². The molecule has 144 valence electrons. The molecule has 0 saturated carbocycles. The van der Waals surface area contributed by atoms with Crippen LogP contribution in [0.4, 0.5) is 0 Å². The molecule has 4 rings (SSSR count). The van der Waals surface area contributed by atoms with Crippen molar-refractivity contribution in [1.29, 1.82) is 0 Å². The Morgan fingerprint density at radius 1 is 1.14 bits per heavy atom. The summed E-state index contributed by atoms with van der Waals surface area (Å²) in [7, 11) is 3.28. The van der Waals surface area contributed by atoms with Gasteiger partial charge in [-0.25, -0.2) is 9.97 Å². The molecule has 8 nitrogen and oxygen atoms in total. The van der Waals surface area contributed by atoms with E-state index in [0.717, 1.165) is 34.9 Å². The number of benzene rings is 1. The predicted molar refractivity (Wildman–Crippen MR) is 103 cm³/mol.